The molecule has 0 saturated carbocycles. The third kappa shape index (κ3) is 2.41. The molecule has 2 atom stereocenters. The lowest BCUT2D eigenvalue weighted by Gasteiger charge is -2.31. The molecule has 0 bridgehead atoms. The van der Waals surface area contributed by atoms with Gasteiger partial charge in [0.05, 0.1) is 12.0 Å². The average Bonchev–Trinajstić information content (AvgIpc) is 2.47. The van der Waals surface area contributed by atoms with E-state index in [1.807, 2.05) is 48.5 Å². The van der Waals surface area contributed by atoms with Gasteiger partial charge in [0.25, 0.3) is 0 Å². The predicted octanol–water partition coefficient (Wildman–Crippen LogP) is 2.85. The predicted molar refractivity (Wildman–Crippen MR) is 72.5 cm³/mol. The number of hydrogen-bond donors (Lipinski definition) is 2. The maximum absolute atomic E-state index is 10.6. The summed E-state index contributed by atoms with van der Waals surface area (Å²) in [4.78, 5) is 0. The summed E-state index contributed by atoms with van der Waals surface area (Å²) in [7, 11) is 0. The minimum absolute atomic E-state index is 0.430. The molecule has 94 valence electrons. The molecule has 2 aromatic carbocycles. The molecule has 0 amide bonds. The molecule has 0 heterocycles. The molecule has 2 rings (SSSR count). The van der Waals surface area contributed by atoms with Gasteiger partial charge in [0.2, 0.25) is 0 Å². The first-order valence-corrected chi connectivity index (χ1v) is 6.20. The summed E-state index contributed by atoms with van der Waals surface area (Å²) in [6.45, 7) is -0.430. The van der Waals surface area contributed by atoms with Crippen molar-refractivity contribution in [1.82, 2.24) is 0 Å². The van der Waals surface area contributed by atoms with Crippen molar-refractivity contribution in [2.75, 3.05) is 6.61 Å². The first-order valence-electron chi connectivity index (χ1n) is 5.76. The molecule has 0 radical (unpaired) electrons. The van der Waals surface area contributed by atoms with Crippen LogP contribution in [0.25, 0.3) is 0 Å². The van der Waals surface area contributed by atoms with Gasteiger partial charge >= 0.3 is 0 Å². The summed E-state index contributed by atoms with van der Waals surface area (Å²) in [5.74, 6) is 0. The van der Waals surface area contributed by atoms with Gasteiger partial charge in [0, 0.05) is 0 Å². The van der Waals surface area contributed by atoms with Crippen molar-refractivity contribution in [2.24, 2.45) is 0 Å². The van der Waals surface area contributed by atoms with Gasteiger partial charge < -0.3 is 10.2 Å². The molecule has 0 aliphatic rings. The van der Waals surface area contributed by atoms with E-state index in [2.05, 4.69) is 0 Å². The zero-order chi connectivity index (χ0) is 13.0. The van der Waals surface area contributed by atoms with Gasteiger partial charge in [-0.25, -0.2) is 0 Å². The first-order chi connectivity index (χ1) is 8.68. The highest BCUT2D eigenvalue weighted by molar-refractivity contribution is 6.21. The summed E-state index contributed by atoms with van der Waals surface area (Å²) in [6.07, 6.45) is 0. The largest absolute Gasteiger partial charge is 0.393 e. The number of halogens is 1. The Balaban J connectivity index is 2.39. The van der Waals surface area contributed by atoms with Crippen molar-refractivity contribution in [1.29, 1.82) is 0 Å². The molecule has 3 heteroatoms. The Labute approximate surface area is 111 Å². The van der Waals surface area contributed by atoms with E-state index >= 15 is 0 Å². The van der Waals surface area contributed by atoms with E-state index in [1.54, 1.807) is 12.1 Å². The molecule has 0 saturated heterocycles. The Morgan fingerprint density at radius 2 is 1.44 bits per heavy atom. The topological polar surface area (TPSA) is 40.5 Å². The van der Waals surface area contributed by atoms with E-state index in [0.29, 0.717) is 5.56 Å². The minimum atomic E-state index is -1.48. The van der Waals surface area contributed by atoms with Gasteiger partial charge in [0.15, 0.2) is 0 Å². The van der Waals surface area contributed by atoms with E-state index in [0.717, 1.165) is 5.56 Å². The molecule has 0 aliphatic carbocycles. The van der Waals surface area contributed by atoms with E-state index in [-0.39, 0.29) is 0 Å². The SMILES string of the molecule is OCC(O)(c1ccccc1)C(Cl)c1ccccc1. The van der Waals surface area contributed by atoms with Crippen LogP contribution in [0.5, 0.6) is 0 Å². The second kappa shape index (κ2) is 5.53. The van der Waals surface area contributed by atoms with Crippen LogP contribution in [0, 0.1) is 0 Å². The third-order valence-electron chi connectivity index (χ3n) is 3.03. The summed E-state index contributed by atoms with van der Waals surface area (Å²) in [5.41, 5.74) is -0.0969. The van der Waals surface area contributed by atoms with Crippen LogP contribution in [-0.2, 0) is 5.60 Å². The molecule has 18 heavy (non-hydrogen) atoms. The van der Waals surface area contributed by atoms with Crippen molar-refractivity contribution in [3.05, 3.63) is 71.8 Å². The zero-order valence-corrected chi connectivity index (χ0v) is 10.6. The fourth-order valence-electron chi connectivity index (χ4n) is 1.94. The molecule has 2 unspecified atom stereocenters. The van der Waals surface area contributed by atoms with Crippen LogP contribution in [0.3, 0.4) is 0 Å². The summed E-state index contributed by atoms with van der Waals surface area (Å²) >= 11 is 6.34. The van der Waals surface area contributed by atoms with E-state index in [1.165, 1.54) is 0 Å². The highest BCUT2D eigenvalue weighted by Gasteiger charge is 2.37. The van der Waals surface area contributed by atoms with Crippen LogP contribution in [0.15, 0.2) is 60.7 Å². The lowest BCUT2D eigenvalue weighted by molar-refractivity contribution is -0.0232. The first kappa shape index (κ1) is 13.1. The lowest BCUT2D eigenvalue weighted by Crippen LogP contribution is -2.35. The number of aliphatic hydroxyl groups excluding tert-OH is 1. The highest BCUT2D eigenvalue weighted by Crippen LogP contribution is 2.39. The Morgan fingerprint density at radius 3 is 1.94 bits per heavy atom. The molecule has 2 N–H and O–H groups in total. The van der Waals surface area contributed by atoms with E-state index < -0.39 is 17.6 Å². The van der Waals surface area contributed by atoms with Gasteiger partial charge in [-0.05, 0) is 11.1 Å². The molecule has 0 spiro atoms. The van der Waals surface area contributed by atoms with Gasteiger partial charge in [0.1, 0.15) is 5.60 Å². The fourth-order valence-corrected chi connectivity index (χ4v) is 2.28. The van der Waals surface area contributed by atoms with Crippen LogP contribution in [-0.4, -0.2) is 16.8 Å². The maximum atomic E-state index is 10.6. The van der Waals surface area contributed by atoms with Gasteiger partial charge in [-0.3, -0.25) is 0 Å². The van der Waals surface area contributed by atoms with E-state index in [9.17, 15) is 10.2 Å². The van der Waals surface area contributed by atoms with Crippen molar-refractivity contribution in [3.63, 3.8) is 0 Å². The average molecular weight is 263 g/mol. The van der Waals surface area contributed by atoms with Crippen molar-refractivity contribution in [2.45, 2.75) is 11.0 Å². The zero-order valence-electron chi connectivity index (χ0n) is 9.83. The number of aliphatic hydroxyl groups is 2. The fraction of sp³-hybridized carbons (Fsp3) is 0.200. The van der Waals surface area contributed by atoms with Gasteiger partial charge in [-0.1, -0.05) is 60.7 Å². The summed E-state index contributed by atoms with van der Waals surface area (Å²) in [6, 6.07) is 18.3. The molecule has 0 aromatic heterocycles. The molecule has 0 aliphatic heterocycles. The molecular formula is C15H15ClO2. The van der Waals surface area contributed by atoms with Crippen molar-refractivity contribution >= 4 is 11.6 Å². The minimum Gasteiger partial charge on any atom is -0.393 e. The highest BCUT2D eigenvalue weighted by atomic mass is 35.5. The van der Waals surface area contributed by atoms with Crippen LogP contribution < -0.4 is 0 Å². The summed E-state index contributed by atoms with van der Waals surface area (Å²) in [5, 5.41) is 19.5. The second-order valence-electron chi connectivity index (χ2n) is 4.22. The standard InChI is InChI=1S/C15H15ClO2/c16-14(12-7-3-1-4-8-12)15(18,11-17)13-9-5-2-6-10-13/h1-10,14,17-18H,11H2. The quantitative estimate of drug-likeness (QED) is 0.832. The number of benzene rings is 2. The maximum Gasteiger partial charge on any atom is 0.133 e. The molecule has 2 nitrogen and oxygen atoms in total. The monoisotopic (exact) mass is 262 g/mol. The molecule has 2 aromatic rings. The van der Waals surface area contributed by atoms with E-state index in [4.69, 9.17) is 11.6 Å². The molecular weight excluding hydrogens is 248 g/mol. The Morgan fingerprint density at radius 1 is 0.944 bits per heavy atom. The number of alkyl halides is 1. The molecule has 0 fully saturated rings. The van der Waals surface area contributed by atoms with Crippen LogP contribution in [0.2, 0.25) is 0 Å². The van der Waals surface area contributed by atoms with Crippen LogP contribution >= 0.6 is 11.6 Å². The van der Waals surface area contributed by atoms with Crippen molar-refractivity contribution in [3.8, 4) is 0 Å². The normalized spacial score (nSPS) is 15.9. The van der Waals surface area contributed by atoms with Crippen molar-refractivity contribution < 1.29 is 10.2 Å². The Bertz CT molecular complexity index is 486. The van der Waals surface area contributed by atoms with Crippen LogP contribution in [0.4, 0.5) is 0 Å². The summed E-state index contributed by atoms with van der Waals surface area (Å²) < 4.78 is 0. The second-order valence-corrected chi connectivity index (χ2v) is 4.66. The van der Waals surface area contributed by atoms with Crippen LogP contribution in [0.1, 0.15) is 16.5 Å². The number of rotatable bonds is 4. The Kier molecular flexibility index (Phi) is 4.02. The Hall–Kier alpha value is -1.35. The van der Waals surface area contributed by atoms with Gasteiger partial charge in [-0.2, -0.15) is 0 Å². The van der Waals surface area contributed by atoms with Gasteiger partial charge in [-0.15, -0.1) is 11.6 Å². The number of hydrogen-bond acceptors (Lipinski definition) is 2. The smallest absolute Gasteiger partial charge is 0.133 e. The lowest BCUT2D eigenvalue weighted by atomic mass is 9.87. The third-order valence-corrected chi connectivity index (χ3v) is 3.64.